The Hall–Kier alpha value is -6.45. The molecule has 8 aromatic rings. The molecule has 0 saturated heterocycles. The third-order valence-corrected chi connectivity index (χ3v) is 8.97. The second kappa shape index (κ2) is 12.4. The summed E-state index contributed by atoms with van der Waals surface area (Å²) in [6.07, 6.45) is 6.86. The van der Waals surface area contributed by atoms with Crippen LogP contribution in [-0.2, 0) is 0 Å². The molecule has 1 heterocycles. The Kier molecular flexibility index (Phi) is 7.48. The molecule has 226 valence electrons. The quantitative estimate of drug-likeness (QED) is 0.110. The molecule has 0 fully saturated rings. The van der Waals surface area contributed by atoms with Gasteiger partial charge in [0.2, 0.25) is 0 Å². The molecule has 8 rings (SSSR count). The van der Waals surface area contributed by atoms with Gasteiger partial charge in [-0.15, -0.1) is 0 Å². The summed E-state index contributed by atoms with van der Waals surface area (Å²) in [5, 5.41) is 15.2. The maximum atomic E-state index is 7.98. The van der Waals surface area contributed by atoms with Gasteiger partial charge < -0.3 is 5.41 Å². The number of aromatic nitrogens is 2. The second-order valence-corrected chi connectivity index (χ2v) is 11.9. The average molecular weight is 614 g/mol. The SMILES string of the molecule is C=C/C=C(\C=N)c1cccc(-c2cnc(-c3ccc4ccccc4c3)nc2-c2cccc(-c3cc4ccccc4c4ccccc34)c2)c1. The van der Waals surface area contributed by atoms with Crippen LogP contribution in [0.15, 0.2) is 171 Å². The van der Waals surface area contributed by atoms with Crippen molar-refractivity contribution in [3.63, 3.8) is 0 Å². The van der Waals surface area contributed by atoms with E-state index in [1.807, 2.05) is 24.4 Å². The van der Waals surface area contributed by atoms with E-state index in [4.69, 9.17) is 15.4 Å². The lowest BCUT2D eigenvalue weighted by atomic mass is 9.91. The molecule has 0 radical (unpaired) electrons. The van der Waals surface area contributed by atoms with E-state index in [0.29, 0.717) is 5.82 Å². The molecule has 0 spiro atoms. The summed E-state index contributed by atoms with van der Waals surface area (Å²) in [4.78, 5) is 10.2. The Bertz CT molecular complexity index is 2560. The predicted octanol–water partition coefficient (Wildman–Crippen LogP) is 11.8. The highest BCUT2D eigenvalue weighted by atomic mass is 14.9. The summed E-state index contributed by atoms with van der Waals surface area (Å²) in [6.45, 7) is 3.83. The van der Waals surface area contributed by atoms with Crippen LogP contribution in [0.4, 0.5) is 0 Å². The zero-order valence-corrected chi connectivity index (χ0v) is 26.3. The van der Waals surface area contributed by atoms with Crippen LogP contribution < -0.4 is 0 Å². The lowest BCUT2D eigenvalue weighted by molar-refractivity contribution is 1.18. The van der Waals surface area contributed by atoms with E-state index in [2.05, 4.69) is 140 Å². The van der Waals surface area contributed by atoms with Crippen LogP contribution in [0.2, 0.25) is 0 Å². The fourth-order valence-electron chi connectivity index (χ4n) is 6.63. The summed E-state index contributed by atoms with van der Waals surface area (Å²) in [5.41, 5.74) is 8.74. The van der Waals surface area contributed by atoms with Gasteiger partial charge in [0.15, 0.2) is 5.82 Å². The fourth-order valence-corrected chi connectivity index (χ4v) is 6.63. The van der Waals surface area contributed by atoms with Gasteiger partial charge in [-0.3, -0.25) is 0 Å². The molecule has 1 aromatic heterocycles. The minimum absolute atomic E-state index is 0.670. The van der Waals surface area contributed by atoms with Crippen molar-refractivity contribution in [3.05, 3.63) is 176 Å². The lowest BCUT2D eigenvalue weighted by Crippen LogP contribution is -1.97. The Labute approximate surface area is 279 Å². The summed E-state index contributed by atoms with van der Waals surface area (Å²) in [6, 6.07) is 51.1. The van der Waals surface area contributed by atoms with Crippen LogP contribution in [0, 0.1) is 5.41 Å². The monoisotopic (exact) mass is 613 g/mol. The highest BCUT2D eigenvalue weighted by Crippen LogP contribution is 2.39. The van der Waals surface area contributed by atoms with Crippen molar-refractivity contribution in [1.82, 2.24) is 9.97 Å². The van der Waals surface area contributed by atoms with Crippen molar-refractivity contribution < 1.29 is 0 Å². The van der Waals surface area contributed by atoms with E-state index in [0.717, 1.165) is 50.0 Å². The maximum Gasteiger partial charge on any atom is 0.159 e. The fraction of sp³-hybridized carbons (Fsp3) is 0. The van der Waals surface area contributed by atoms with Crippen LogP contribution in [0.5, 0.6) is 0 Å². The van der Waals surface area contributed by atoms with E-state index in [1.165, 1.54) is 38.7 Å². The van der Waals surface area contributed by atoms with Crippen molar-refractivity contribution in [3.8, 4) is 44.9 Å². The molecule has 0 aliphatic heterocycles. The summed E-state index contributed by atoms with van der Waals surface area (Å²) < 4.78 is 0. The van der Waals surface area contributed by atoms with E-state index in [1.54, 1.807) is 6.08 Å². The molecule has 1 N–H and O–H groups in total. The number of hydrogen-bond donors (Lipinski definition) is 1. The molecule has 0 aliphatic carbocycles. The van der Waals surface area contributed by atoms with Crippen LogP contribution in [0.1, 0.15) is 5.56 Å². The first-order valence-corrected chi connectivity index (χ1v) is 16.0. The molecule has 0 atom stereocenters. The van der Waals surface area contributed by atoms with E-state index < -0.39 is 0 Å². The van der Waals surface area contributed by atoms with Crippen molar-refractivity contribution in [2.24, 2.45) is 0 Å². The van der Waals surface area contributed by atoms with Crippen molar-refractivity contribution in [1.29, 1.82) is 5.41 Å². The highest BCUT2D eigenvalue weighted by molar-refractivity contribution is 6.14. The minimum atomic E-state index is 0.670. The summed E-state index contributed by atoms with van der Waals surface area (Å²) in [7, 11) is 0. The van der Waals surface area contributed by atoms with Gasteiger partial charge in [0, 0.05) is 29.1 Å². The topological polar surface area (TPSA) is 49.6 Å². The van der Waals surface area contributed by atoms with E-state index >= 15 is 0 Å². The third-order valence-electron chi connectivity index (χ3n) is 8.97. The number of allylic oxidation sites excluding steroid dienone is 3. The molecule has 48 heavy (non-hydrogen) atoms. The number of benzene rings is 7. The summed E-state index contributed by atoms with van der Waals surface area (Å²) >= 11 is 0. The normalized spacial score (nSPS) is 11.6. The van der Waals surface area contributed by atoms with Crippen LogP contribution in [-0.4, -0.2) is 16.2 Å². The molecule has 3 heteroatoms. The van der Waals surface area contributed by atoms with Crippen molar-refractivity contribution >= 4 is 44.1 Å². The van der Waals surface area contributed by atoms with Gasteiger partial charge in [-0.1, -0.05) is 140 Å². The van der Waals surface area contributed by atoms with Crippen LogP contribution >= 0.6 is 0 Å². The zero-order chi connectivity index (χ0) is 32.5. The molecular weight excluding hydrogens is 583 g/mol. The number of nitrogens with zero attached hydrogens (tertiary/aromatic N) is 2. The van der Waals surface area contributed by atoms with Crippen LogP contribution in [0.25, 0.3) is 82.8 Å². The van der Waals surface area contributed by atoms with E-state index in [9.17, 15) is 0 Å². The number of rotatable bonds is 7. The van der Waals surface area contributed by atoms with Gasteiger partial charge in [0.1, 0.15) is 0 Å². The molecule has 7 aromatic carbocycles. The second-order valence-electron chi connectivity index (χ2n) is 11.9. The van der Waals surface area contributed by atoms with Crippen molar-refractivity contribution in [2.45, 2.75) is 0 Å². The van der Waals surface area contributed by atoms with Crippen molar-refractivity contribution in [2.75, 3.05) is 0 Å². The van der Waals surface area contributed by atoms with Gasteiger partial charge in [0.05, 0.1) is 5.69 Å². The first kappa shape index (κ1) is 29.0. The first-order chi connectivity index (χ1) is 23.7. The first-order valence-electron chi connectivity index (χ1n) is 16.0. The molecule has 0 saturated carbocycles. The summed E-state index contributed by atoms with van der Waals surface area (Å²) in [5.74, 6) is 0.670. The number of hydrogen-bond acceptors (Lipinski definition) is 3. The van der Waals surface area contributed by atoms with E-state index in [-0.39, 0.29) is 0 Å². The third kappa shape index (κ3) is 5.28. The predicted molar refractivity (Wildman–Crippen MR) is 203 cm³/mol. The Morgan fingerprint density at radius 2 is 1.23 bits per heavy atom. The zero-order valence-electron chi connectivity index (χ0n) is 26.3. The minimum Gasteiger partial charge on any atom is -0.308 e. The Balaban J connectivity index is 1.34. The van der Waals surface area contributed by atoms with Gasteiger partial charge in [0.25, 0.3) is 0 Å². The van der Waals surface area contributed by atoms with Gasteiger partial charge in [-0.2, -0.15) is 0 Å². The smallest absolute Gasteiger partial charge is 0.159 e. The lowest BCUT2D eigenvalue weighted by Gasteiger charge is -2.15. The van der Waals surface area contributed by atoms with Crippen LogP contribution in [0.3, 0.4) is 0 Å². The molecule has 0 unspecified atom stereocenters. The Morgan fingerprint density at radius 3 is 2.04 bits per heavy atom. The number of nitrogens with one attached hydrogen (secondary N) is 1. The molecule has 3 nitrogen and oxygen atoms in total. The molecule has 0 aliphatic rings. The standard InChI is InChI=1S/C45H31N3/c1-2-11-38(28-46)32-15-9-17-34(24-32)43-29-47-45(37-23-22-30-12-3-4-13-31(30)25-37)48-44(43)36-18-10-16-33(26-36)42-27-35-14-5-6-19-39(35)40-20-7-8-21-41(40)42/h2-29,46H,1H2/b38-11+,46-28?. The number of fused-ring (bicyclic) bond motifs is 4. The molecule has 0 amide bonds. The van der Waals surface area contributed by atoms with Gasteiger partial charge in [-0.25, -0.2) is 9.97 Å². The van der Waals surface area contributed by atoms with Gasteiger partial charge in [-0.05, 0) is 84.4 Å². The Morgan fingerprint density at radius 1 is 0.542 bits per heavy atom. The average Bonchev–Trinajstić information content (AvgIpc) is 3.16. The van der Waals surface area contributed by atoms with Gasteiger partial charge >= 0.3 is 0 Å². The molecular formula is C45H31N3. The maximum absolute atomic E-state index is 7.98. The highest BCUT2D eigenvalue weighted by Gasteiger charge is 2.16. The largest absolute Gasteiger partial charge is 0.308 e. The molecule has 0 bridgehead atoms.